The van der Waals surface area contributed by atoms with E-state index in [0.29, 0.717) is 6.54 Å². The summed E-state index contributed by atoms with van der Waals surface area (Å²) in [7, 11) is 0. The molecule has 1 unspecified atom stereocenters. The molecule has 0 radical (unpaired) electrons. The van der Waals surface area contributed by atoms with Gasteiger partial charge >= 0.3 is 0 Å². The van der Waals surface area contributed by atoms with Gasteiger partial charge in [-0.05, 0) is 25.5 Å². The van der Waals surface area contributed by atoms with Gasteiger partial charge in [-0.1, -0.05) is 6.07 Å². The molecule has 0 fully saturated rings. The Balaban J connectivity index is 2.77. The van der Waals surface area contributed by atoms with Crippen LogP contribution in [0.1, 0.15) is 25.5 Å². The lowest BCUT2D eigenvalue weighted by Gasteiger charge is -2.20. The fourth-order valence-corrected chi connectivity index (χ4v) is 1.39. The van der Waals surface area contributed by atoms with E-state index in [1.807, 2.05) is 24.0 Å². The molecule has 1 atom stereocenters. The minimum absolute atomic E-state index is 0.119. The van der Waals surface area contributed by atoms with Gasteiger partial charge in [0.25, 0.3) is 0 Å². The highest BCUT2D eigenvalue weighted by molar-refractivity contribution is 5.39. The van der Waals surface area contributed by atoms with Gasteiger partial charge in [-0.3, -0.25) is 0 Å². The first kappa shape index (κ1) is 11.9. The van der Waals surface area contributed by atoms with Crippen LogP contribution < -0.4 is 4.90 Å². The maximum atomic E-state index is 9.32. The molecule has 0 spiro atoms. The van der Waals surface area contributed by atoms with E-state index >= 15 is 0 Å². The lowest BCUT2D eigenvalue weighted by molar-refractivity contribution is 0.199. The average molecular weight is 210 g/mol. The number of aromatic nitrogens is 1. The van der Waals surface area contributed by atoms with Gasteiger partial charge in [-0.15, -0.1) is 0 Å². The molecule has 1 heterocycles. The van der Waals surface area contributed by atoms with Crippen molar-refractivity contribution < 1.29 is 10.2 Å². The van der Waals surface area contributed by atoms with Gasteiger partial charge in [0.2, 0.25) is 0 Å². The molecule has 0 bridgehead atoms. The van der Waals surface area contributed by atoms with E-state index in [1.165, 1.54) is 0 Å². The largest absolute Gasteiger partial charge is 0.395 e. The molecule has 1 aromatic rings. The van der Waals surface area contributed by atoms with Crippen molar-refractivity contribution in [2.45, 2.75) is 20.0 Å². The highest BCUT2D eigenvalue weighted by atomic mass is 16.3. The van der Waals surface area contributed by atoms with Crippen LogP contribution >= 0.6 is 0 Å². The third-order valence-corrected chi connectivity index (χ3v) is 2.33. The highest BCUT2D eigenvalue weighted by Gasteiger charge is 2.06. The predicted molar refractivity (Wildman–Crippen MR) is 59.8 cm³/mol. The fourth-order valence-electron chi connectivity index (χ4n) is 1.39. The lowest BCUT2D eigenvalue weighted by atomic mass is 10.2. The zero-order valence-corrected chi connectivity index (χ0v) is 9.22. The van der Waals surface area contributed by atoms with Gasteiger partial charge in [0, 0.05) is 19.3 Å². The lowest BCUT2D eigenvalue weighted by Crippen LogP contribution is -2.26. The normalized spacial score (nSPS) is 12.5. The van der Waals surface area contributed by atoms with Crippen LogP contribution in [-0.2, 0) is 0 Å². The molecule has 4 heteroatoms. The number of hydrogen-bond donors (Lipinski definition) is 2. The second kappa shape index (κ2) is 5.68. The Labute approximate surface area is 90.2 Å². The minimum Gasteiger partial charge on any atom is -0.395 e. The van der Waals surface area contributed by atoms with Gasteiger partial charge in [0.05, 0.1) is 12.7 Å². The van der Waals surface area contributed by atoms with Crippen LogP contribution in [0.4, 0.5) is 5.82 Å². The Hall–Kier alpha value is -1.13. The summed E-state index contributed by atoms with van der Waals surface area (Å²) in [5.74, 6) is 0.830. The zero-order chi connectivity index (χ0) is 11.3. The molecule has 4 nitrogen and oxygen atoms in total. The fraction of sp³-hybridized carbons (Fsp3) is 0.545. The maximum absolute atomic E-state index is 9.32. The van der Waals surface area contributed by atoms with E-state index < -0.39 is 6.10 Å². The Morgan fingerprint density at radius 2 is 2.20 bits per heavy atom. The van der Waals surface area contributed by atoms with Gasteiger partial charge in [-0.2, -0.15) is 0 Å². The van der Waals surface area contributed by atoms with E-state index in [2.05, 4.69) is 4.98 Å². The third-order valence-electron chi connectivity index (χ3n) is 2.33. The monoisotopic (exact) mass is 210 g/mol. The first-order valence-corrected chi connectivity index (χ1v) is 5.18. The van der Waals surface area contributed by atoms with Gasteiger partial charge in [0.1, 0.15) is 5.82 Å². The summed E-state index contributed by atoms with van der Waals surface area (Å²) in [6, 6.07) is 3.72. The number of likely N-dealkylation sites (N-methyl/N-ethyl adjacent to an activating group) is 1. The minimum atomic E-state index is -0.487. The van der Waals surface area contributed by atoms with Crippen LogP contribution in [0.3, 0.4) is 0 Å². The second-order valence-electron chi connectivity index (χ2n) is 3.43. The van der Waals surface area contributed by atoms with Crippen LogP contribution in [-0.4, -0.2) is 34.9 Å². The quantitative estimate of drug-likeness (QED) is 0.760. The van der Waals surface area contributed by atoms with E-state index in [4.69, 9.17) is 5.11 Å². The summed E-state index contributed by atoms with van der Waals surface area (Å²) in [4.78, 5) is 6.22. The SMILES string of the molecule is CCN(CCO)c1ccc(C(C)O)cn1. The molecule has 0 amide bonds. The molecule has 0 aliphatic rings. The Morgan fingerprint density at radius 3 is 2.60 bits per heavy atom. The van der Waals surface area contributed by atoms with Crippen molar-refractivity contribution in [2.24, 2.45) is 0 Å². The van der Waals surface area contributed by atoms with Crippen molar-refractivity contribution in [3.05, 3.63) is 23.9 Å². The molecular formula is C11H18N2O2. The molecule has 0 aliphatic carbocycles. The second-order valence-corrected chi connectivity index (χ2v) is 3.43. The van der Waals surface area contributed by atoms with Crippen LogP contribution in [0.25, 0.3) is 0 Å². The van der Waals surface area contributed by atoms with Crippen LogP contribution in [0.2, 0.25) is 0 Å². The topological polar surface area (TPSA) is 56.6 Å². The smallest absolute Gasteiger partial charge is 0.128 e. The number of nitrogens with zero attached hydrogens (tertiary/aromatic N) is 2. The highest BCUT2D eigenvalue weighted by Crippen LogP contribution is 2.15. The number of pyridine rings is 1. The molecule has 1 aromatic heterocycles. The molecule has 0 saturated carbocycles. The predicted octanol–water partition coefficient (Wildman–Crippen LogP) is 0.954. The maximum Gasteiger partial charge on any atom is 0.128 e. The Bertz CT molecular complexity index is 285. The van der Waals surface area contributed by atoms with E-state index in [1.54, 1.807) is 13.1 Å². The van der Waals surface area contributed by atoms with Crippen molar-refractivity contribution in [1.29, 1.82) is 0 Å². The van der Waals surface area contributed by atoms with Crippen molar-refractivity contribution >= 4 is 5.82 Å². The van der Waals surface area contributed by atoms with Crippen molar-refractivity contribution in [1.82, 2.24) is 4.98 Å². The number of anilines is 1. The Kier molecular flexibility index (Phi) is 4.52. The van der Waals surface area contributed by atoms with Gasteiger partial charge < -0.3 is 15.1 Å². The molecular weight excluding hydrogens is 192 g/mol. The van der Waals surface area contributed by atoms with E-state index in [-0.39, 0.29) is 6.61 Å². The molecule has 2 N–H and O–H groups in total. The number of hydrogen-bond acceptors (Lipinski definition) is 4. The molecule has 1 rings (SSSR count). The standard InChI is InChI=1S/C11H18N2O2/c1-3-13(6-7-14)11-5-4-10(8-12-11)9(2)15/h4-5,8-9,14-15H,3,6-7H2,1-2H3. The summed E-state index contributed by atoms with van der Waals surface area (Å²) < 4.78 is 0. The summed E-state index contributed by atoms with van der Waals surface area (Å²) in [6.45, 7) is 5.23. The summed E-state index contributed by atoms with van der Waals surface area (Å²) >= 11 is 0. The summed E-state index contributed by atoms with van der Waals surface area (Å²) in [6.07, 6.45) is 1.18. The number of rotatable bonds is 5. The van der Waals surface area contributed by atoms with Crippen molar-refractivity contribution in [3.63, 3.8) is 0 Å². The van der Waals surface area contributed by atoms with Crippen LogP contribution in [0, 0.1) is 0 Å². The molecule has 0 saturated heterocycles. The van der Waals surface area contributed by atoms with E-state index in [0.717, 1.165) is 17.9 Å². The first-order chi connectivity index (χ1) is 7.19. The van der Waals surface area contributed by atoms with Crippen molar-refractivity contribution in [2.75, 3.05) is 24.6 Å². The first-order valence-electron chi connectivity index (χ1n) is 5.18. The average Bonchev–Trinajstić information content (AvgIpc) is 2.26. The molecule has 15 heavy (non-hydrogen) atoms. The summed E-state index contributed by atoms with van der Waals surface area (Å²) in [5, 5.41) is 18.2. The number of aliphatic hydroxyl groups is 2. The van der Waals surface area contributed by atoms with E-state index in [9.17, 15) is 5.11 Å². The molecule has 84 valence electrons. The third kappa shape index (κ3) is 3.18. The van der Waals surface area contributed by atoms with Crippen LogP contribution in [0.5, 0.6) is 0 Å². The zero-order valence-electron chi connectivity index (χ0n) is 9.22. The number of aliphatic hydroxyl groups excluding tert-OH is 2. The van der Waals surface area contributed by atoms with Gasteiger partial charge in [-0.25, -0.2) is 4.98 Å². The molecule has 0 aromatic carbocycles. The Morgan fingerprint density at radius 1 is 1.47 bits per heavy atom. The summed E-state index contributed by atoms with van der Waals surface area (Å²) in [5.41, 5.74) is 0.804. The molecule has 0 aliphatic heterocycles. The van der Waals surface area contributed by atoms with Gasteiger partial charge in [0.15, 0.2) is 0 Å². The van der Waals surface area contributed by atoms with Crippen LogP contribution in [0.15, 0.2) is 18.3 Å². The van der Waals surface area contributed by atoms with Crippen molar-refractivity contribution in [3.8, 4) is 0 Å².